The lowest BCUT2D eigenvalue weighted by atomic mass is 10.1. The maximum Gasteiger partial charge on any atom is 0.236 e. The van der Waals surface area contributed by atoms with Gasteiger partial charge >= 0.3 is 0 Å². The third kappa shape index (κ3) is 5.32. The fourth-order valence-corrected chi connectivity index (χ4v) is 3.89. The van der Waals surface area contributed by atoms with E-state index in [2.05, 4.69) is 15.5 Å². The number of halogens is 3. The van der Waals surface area contributed by atoms with Crippen molar-refractivity contribution in [2.24, 2.45) is 10.2 Å². The lowest BCUT2D eigenvalue weighted by molar-refractivity contribution is -0.116. The van der Waals surface area contributed by atoms with E-state index < -0.39 is 0 Å². The van der Waals surface area contributed by atoms with Gasteiger partial charge in [0, 0.05) is 10.6 Å². The molecule has 10 heteroatoms. The first-order chi connectivity index (χ1) is 13.5. The van der Waals surface area contributed by atoms with Gasteiger partial charge in [0.2, 0.25) is 5.91 Å². The molecule has 0 unspecified atom stereocenters. The van der Waals surface area contributed by atoms with Gasteiger partial charge in [-0.1, -0.05) is 46.6 Å². The van der Waals surface area contributed by atoms with Gasteiger partial charge in [-0.05, 0) is 35.9 Å². The van der Waals surface area contributed by atoms with Crippen molar-refractivity contribution in [1.29, 1.82) is 0 Å². The Morgan fingerprint density at radius 2 is 1.96 bits per heavy atom. The second-order valence-electron chi connectivity index (χ2n) is 5.55. The van der Waals surface area contributed by atoms with E-state index in [9.17, 15) is 4.79 Å². The summed E-state index contributed by atoms with van der Waals surface area (Å²) in [5.74, 6) is 1.26. The van der Waals surface area contributed by atoms with Crippen molar-refractivity contribution >= 4 is 63.9 Å². The first kappa shape index (κ1) is 20.8. The molecule has 0 saturated carbocycles. The normalized spacial score (nSPS) is 15.3. The Morgan fingerprint density at radius 3 is 2.61 bits per heavy atom. The van der Waals surface area contributed by atoms with E-state index in [4.69, 9.17) is 44.3 Å². The quantitative estimate of drug-likeness (QED) is 0.499. The SMILES string of the molecule is COc1ccc(C=NN=C2NC(=O)CS2)cc1COc1c(Cl)cc(Cl)cc1Cl. The van der Waals surface area contributed by atoms with E-state index >= 15 is 0 Å². The molecule has 146 valence electrons. The maximum absolute atomic E-state index is 11.1. The van der Waals surface area contributed by atoms with E-state index in [0.29, 0.717) is 37.5 Å². The average molecular weight is 459 g/mol. The van der Waals surface area contributed by atoms with Gasteiger partial charge in [-0.15, -0.1) is 5.10 Å². The molecule has 6 nitrogen and oxygen atoms in total. The van der Waals surface area contributed by atoms with Gasteiger partial charge in [0.05, 0.1) is 29.1 Å². The van der Waals surface area contributed by atoms with E-state index in [-0.39, 0.29) is 12.5 Å². The fraction of sp³-hybridized carbons (Fsp3) is 0.167. The maximum atomic E-state index is 11.1. The summed E-state index contributed by atoms with van der Waals surface area (Å²) in [4.78, 5) is 11.1. The van der Waals surface area contributed by atoms with Crippen molar-refractivity contribution in [1.82, 2.24) is 5.32 Å². The number of hydrogen-bond donors (Lipinski definition) is 1. The molecule has 0 radical (unpaired) electrons. The van der Waals surface area contributed by atoms with Crippen LogP contribution in [0.4, 0.5) is 0 Å². The largest absolute Gasteiger partial charge is 0.496 e. The van der Waals surface area contributed by atoms with Crippen molar-refractivity contribution < 1.29 is 14.3 Å². The smallest absolute Gasteiger partial charge is 0.236 e. The van der Waals surface area contributed by atoms with Gasteiger partial charge in [0.15, 0.2) is 10.9 Å². The highest BCUT2D eigenvalue weighted by molar-refractivity contribution is 8.15. The van der Waals surface area contributed by atoms with Crippen LogP contribution < -0.4 is 14.8 Å². The molecule has 3 rings (SSSR count). The fourth-order valence-electron chi connectivity index (χ4n) is 2.34. The second kappa shape index (κ2) is 9.52. The molecule has 0 aromatic heterocycles. The molecular formula is C18H14Cl3N3O3S. The van der Waals surface area contributed by atoms with Crippen LogP contribution in [0.15, 0.2) is 40.5 Å². The zero-order valence-corrected chi connectivity index (χ0v) is 17.6. The van der Waals surface area contributed by atoms with Crippen LogP contribution in [0.1, 0.15) is 11.1 Å². The number of carbonyl (C=O) groups excluding carboxylic acids is 1. The molecule has 0 aliphatic carbocycles. The second-order valence-corrected chi connectivity index (χ2v) is 7.76. The molecule has 0 atom stereocenters. The standard InChI is InChI=1S/C18H14Cl3N3O3S/c1-26-15-3-2-10(7-22-24-18-23-16(25)9-28-18)4-11(15)8-27-17-13(20)5-12(19)6-14(17)21/h2-7H,8-9H2,1H3,(H,23,24,25). The highest BCUT2D eigenvalue weighted by atomic mass is 35.5. The first-order valence-corrected chi connectivity index (χ1v) is 10.1. The molecule has 1 N–H and O–H groups in total. The Labute approximate surface area is 180 Å². The summed E-state index contributed by atoms with van der Waals surface area (Å²) in [7, 11) is 1.57. The Morgan fingerprint density at radius 1 is 1.21 bits per heavy atom. The number of hydrogen-bond acceptors (Lipinski definition) is 6. The summed E-state index contributed by atoms with van der Waals surface area (Å²) in [5.41, 5.74) is 1.55. The molecule has 1 aliphatic heterocycles. The van der Waals surface area contributed by atoms with Crippen molar-refractivity contribution in [3.8, 4) is 11.5 Å². The molecule has 1 aliphatic rings. The molecule has 2 aromatic carbocycles. The van der Waals surface area contributed by atoms with Crippen LogP contribution in [0.3, 0.4) is 0 Å². The monoisotopic (exact) mass is 457 g/mol. The lowest BCUT2D eigenvalue weighted by Gasteiger charge is -2.13. The Balaban J connectivity index is 1.75. The minimum absolute atomic E-state index is 0.0812. The molecule has 2 aromatic rings. The highest BCUT2D eigenvalue weighted by Gasteiger charge is 2.16. The number of amidine groups is 1. The van der Waals surface area contributed by atoms with E-state index in [1.807, 2.05) is 12.1 Å². The van der Waals surface area contributed by atoms with Gasteiger partial charge < -0.3 is 14.8 Å². The van der Waals surface area contributed by atoms with Gasteiger partial charge in [0.1, 0.15) is 12.4 Å². The number of methoxy groups -OCH3 is 1. The third-order valence-electron chi connectivity index (χ3n) is 3.58. The average Bonchev–Trinajstić information content (AvgIpc) is 3.06. The summed E-state index contributed by atoms with van der Waals surface area (Å²) in [6.45, 7) is 0.173. The number of rotatable bonds is 6. The zero-order chi connectivity index (χ0) is 20.1. The zero-order valence-electron chi connectivity index (χ0n) is 14.5. The Kier molecular flexibility index (Phi) is 7.07. The molecule has 1 saturated heterocycles. The molecular weight excluding hydrogens is 445 g/mol. The molecule has 0 bridgehead atoms. The van der Waals surface area contributed by atoms with Crippen LogP contribution >= 0.6 is 46.6 Å². The molecule has 1 heterocycles. The first-order valence-electron chi connectivity index (χ1n) is 7.94. The van der Waals surface area contributed by atoms with Crippen molar-refractivity contribution in [2.75, 3.05) is 12.9 Å². The van der Waals surface area contributed by atoms with Crippen molar-refractivity contribution in [3.05, 3.63) is 56.5 Å². The van der Waals surface area contributed by atoms with E-state index in [0.717, 1.165) is 11.1 Å². The van der Waals surface area contributed by atoms with E-state index in [1.54, 1.807) is 31.5 Å². The van der Waals surface area contributed by atoms with Crippen LogP contribution in [0.2, 0.25) is 15.1 Å². The third-order valence-corrected chi connectivity index (χ3v) is 5.22. The number of thioether (sulfide) groups is 1. The summed E-state index contributed by atoms with van der Waals surface area (Å²) < 4.78 is 11.2. The van der Waals surface area contributed by atoms with Gasteiger partial charge in [-0.25, -0.2) is 0 Å². The molecule has 28 heavy (non-hydrogen) atoms. The summed E-state index contributed by atoms with van der Waals surface area (Å²) in [6, 6.07) is 8.59. The number of carbonyl (C=O) groups is 1. The Bertz CT molecular complexity index is 943. The summed E-state index contributed by atoms with van der Waals surface area (Å²) in [5, 5.41) is 12.1. The van der Waals surface area contributed by atoms with Crippen LogP contribution in [0.25, 0.3) is 0 Å². The highest BCUT2D eigenvalue weighted by Crippen LogP contribution is 2.36. The van der Waals surface area contributed by atoms with Crippen LogP contribution in [-0.4, -0.2) is 30.2 Å². The summed E-state index contributed by atoms with van der Waals surface area (Å²) >= 11 is 19.5. The van der Waals surface area contributed by atoms with Crippen LogP contribution in [0.5, 0.6) is 11.5 Å². The van der Waals surface area contributed by atoms with Crippen molar-refractivity contribution in [3.63, 3.8) is 0 Å². The Hall–Kier alpha value is -1.93. The predicted molar refractivity (Wildman–Crippen MR) is 114 cm³/mol. The van der Waals surface area contributed by atoms with Gasteiger partial charge in [0.25, 0.3) is 0 Å². The topological polar surface area (TPSA) is 72.3 Å². The minimum atomic E-state index is -0.0812. The van der Waals surface area contributed by atoms with Gasteiger partial charge in [-0.3, -0.25) is 4.79 Å². The van der Waals surface area contributed by atoms with Crippen LogP contribution in [-0.2, 0) is 11.4 Å². The predicted octanol–water partition coefficient (Wildman–Crippen LogP) is 4.79. The number of nitrogens with one attached hydrogen (secondary N) is 1. The van der Waals surface area contributed by atoms with Crippen molar-refractivity contribution in [2.45, 2.75) is 6.61 Å². The van der Waals surface area contributed by atoms with Gasteiger partial charge in [-0.2, -0.15) is 5.10 Å². The number of nitrogens with zero attached hydrogens (tertiary/aromatic N) is 2. The molecule has 1 amide bonds. The molecule has 0 spiro atoms. The van der Waals surface area contributed by atoms with Crippen LogP contribution in [0, 0.1) is 0 Å². The molecule has 1 fully saturated rings. The van der Waals surface area contributed by atoms with E-state index in [1.165, 1.54) is 11.8 Å². The lowest BCUT2D eigenvalue weighted by Crippen LogP contribution is -2.19. The summed E-state index contributed by atoms with van der Waals surface area (Å²) in [6.07, 6.45) is 1.57. The number of benzene rings is 2. The number of amides is 1. The number of ether oxygens (including phenoxy) is 2. The minimum Gasteiger partial charge on any atom is -0.496 e.